The van der Waals surface area contributed by atoms with E-state index in [9.17, 15) is 5.26 Å². The second kappa shape index (κ2) is 9.54. The van der Waals surface area contributed by atoms with Gasteiger partial charge in [-0.3, -0.25) is 5.26 Å². The van der Waals surface area contributed by atoms with Crippen molar-refractivity contribution in [3.8, 4) is 16.9 Å². The van der Waals surface area contributed by atoms with Crippen LogP contribution in [0.4, 0.5) is 0 Å². The van der Waals surface area contributed by atoms with Crippen LogP contribution in [0.3, 0.4) is 0 Å². The van der Waals surface area contributed by atoms with Crippen LogP contribution in [0.1, 0.15) is 43.1 Å². The average Bonchev–Trinajstić information content (AvgIpc) is 2.76. The minimum atomic E-state index is -0.498. The molecular weight excluding hydrogens is 348 g/mol. The molecule has 3 nitrogen and oxygen atoms in total. The van der Waals surface area contributed by atoms with Crippen molar-refractivity contribution in [1.29, 1.82) is 0 Å². The summed E-state index contributed by atoms with van der Waals surface area (Å²) < 4.78 is 5.21. The van der Waals surface area contributed by atoms with Crippen LogP contribution < -0.4 is 4.74 Å². The van der Waals surface area contributed by atoms with Crippen LogP contribution in [0.15, 0.2) is 72.8 Å². The first-order valence-electron chi connectivity index (χ1n) is 9.78. The van der Waals surface area contributed by atoms with Gasteiger partial charge in [-0.25, -0.2) is 4.89 Å². The number of rotatable bonds is 8. The van der Waals surface area contributed by atoms with E-state index in [1.807, 2.05) is 60.7 Å². The second-order valence-electron chi connectivity index (χ2n) is 7.30. The SMILES string of the molecule is CCC(C)Cc1ccc(C(OO)c2ccc(-c3ccc(OC)cc3)cc2)cc1. The summed E-state index contributed by atoms with van der Waals surface area (Å²) in [5, 5.41) is 9.52. The molecule has 0 saturated heterocycles. The lowest BCUT2D eigenvalue weighted by atomic mass is 9.95. The zero-order valence-electron chi connectivity index (χ0n) is 16.8. The molecule has 0 bridgehead atoms. The van der Waals surface area contributed by atoms with Crippen LogP contribution in [0.2, 0.25) is 0 Å². The van der Waals surface area contributed by atoms with Crippen molar-refractivity contribution in [2.24, 2.45) is 5.92 Å². The first-order valence-corrected chi connectivity index (χ1v) is 9.78. The Bertz CT molecular complexity index is 852. The first-order chi connectivity index (χ1) is 13.6. The summed E-state index contributed by atoms with van der Waals surface area (Å²) in [4.78, 5) is 4.82. The van der Waals surface area contributed by atoms with Gasteiger partial charge in [0.05, 0.1) is 7.11 Å². The van der Waals surface area contributed by atoms with Gasteiger partial charge in [0.1, 0.15) is 11.9 Å². The molecule has 0 radical (unpaired) electrons. The molecule has 0 amide bonds. The number of hydrogen-bond donors (Lipinski definition) is 1. The van der Waals surface area contributed by atoms with Gasteiger partial charge in [0.25, 0.3) is 0 Å². The zero-order valence-corrected chi connectivity index (χ0v) is 16.8. The molecule has 2 unspecified atom stereocenters. The number of benzene rings is 3. The topological polar surface area (TPSA) is 38.7 Å². The Morgan fingerprint density at radius 2 is 1.29 bits per heavy atom. The van der Waals surface area contributed by atoms with E-state index in [4.69, 9.17) is 9.62 Å². The number of ether oxygens (including phenoxy) is 1. The van der Waals surface area contributed by atoms with Crippen molar-refractivity contribution in [2.75, 3.05) is 7.11 Å². The van der Waals surface area contributed by atoms with Crippen LogP contribution in [0, 0.1) is 5.92 Å². The fourth-order valence-electron chi connectivity index (χ4n) is 3.32. The molecule has 28 heavy (non-hydrogen) atoms. The quantitative estimate of drug-likeness (QED) is 0.359. The lowest BCUT2D eigenvalue weighted by Crippen LogP contribution is -2.04. The Kier molecular flexibility index (Phi) is 6.85. The Labute approximate surface area is 167 Å². The van der Waals surface area contributed by atoms with Gasteiger partial charge in [-0.05, 0) is 52.3 Å². The fourth-order valence-corrected chi connectivity index (χ4v) is 3.32. The first kappa shape index (κ1) is 20.1. The van der Waals surface area contributed by atoms with Crippen molar-refractivity contribution in [3.63, 3.8) is 0 Å². The number of methoxy groups -OCH3 is 1. The van der Waals surface area contributed by atoms with E-state index in [-0.39, 0.29) is 0 Å². The molecule has 0 aromatic heterocycles. The Morgan fingerprint density at radius 1 is 0.786 bits per heavy atom. The Morgan fingerprint density at radius 3 is 1.75 bits per heavy atom. The third-order valence-electron chi connectivity index (χ3n) is 5.31. The molecule has 2 atom stereocenters. The lowest BCUT2D eigenvalue weighted by Gasteiger charge is -2.16. The fraction of sp³-hybridized carbons (Fsp3) is 0.280. The standard InChI is InChI=1S/C25H28O3/c1-4-18(2)17-19-5-7-22(8-6-19)25(28-26)23-11-9-20(10-12-23)21-13-15-24(27-3)16-14-21/h5-16,18,25-26H,4,17H2,1-3H3. The monoisotopic (exact) mass is 376 g/mol. The molecule has 0 spiro atoms. The van der Waals surface area contributed by atoms with Gasteiger partial charge in [-0.15, -0.1) is 0 Å². The summed E-state index contributed by atoms with van der Waals surface area (Å²) in [7, 11) is 1.66. The summed E-state index contributed by atoms with van der Waals surface area (Å²) in [6, 6.07) is 24.4. The van der Waals surface area contributed by atoms with Crippen molar-refractivity contribution in [3.05, 3.63) is 89.5 Å². The van der Waals surface area contributed by atoms with E-state index in [0.29, 0.717) is 5.92 Å². The van der Waals surface area contributed by atoms with Crippen molar-refractivity contribution in [1.82, 2.24) is 0 Å². The van der Waals surface area contributed by atoms with Crippen LogP contribution in [-0.2, 0) is 11.3 Å². The van der Waals surface area contributed by atoms with Crippen LogP contribution in [0.5, 0.6) is 5.75 Å². The van der Waals surface area contributed by atoms with Gasteiger partial charge < -0.3 is 4.74 Å². The maximum absolute atomic E-state index is 9.52. The van der Waals surface area contributed by atoms with Crippen molar-refractivity contribution < 1.29 is 14.9 Å². The molecular formula is C25H28O3. The molecule has 3 aromatic carbocycles. The summed E-state index contributed by atoms with van der Waals surface area (Å²) in [6.45, 7) is 4.47. The maximum atomic E-state index is 9.52. The zero-order chi connectivity index (χ0) is 19.9. The van der Waals surface area contributed by atoms with Gasteiger partial charge in [-0.1, -0.05) is 80.9 Å². The van der Waals surface area contributed by atoms with Crippen molar-refractivity contribution >= 4 is 0 Å². The second-order valence-corrected chi connectivity index (χ2v) is 7.30. The van der Waals surface area contributed by atoms with E-state index in [2.05, 4.69) is 26.0 Å². The van der Waals surface area contributed by atoms with Crippen LogP contribution in [-0.4, -0.2) is 12.4 Å². The normalized spacial score (nSPS) is 13.1. The highest BCUT2D eigenvalue weighted by atomic mass is 17.1. The highest BCUT2D eigenvalue weighted by molar-refractivity contribution is 5.64. The molecule has 0 aliphatic carbocycles. The van der Waals surface area contributed by atoms with Gasteiger partial charge in [-0.2, -0.15) is 0 Å². The molecule has 146 valence electrons. The van der Waals surface area contributed by atoms with Crippen LogP contribution >= 0.6 is 0 Å². The predicted molar refractivity (Wildman–Crippen MR) is 114 cm³/mol. The van der Waals surface area contributed by atoms with E-state index in [0.717, 1.165) is 34.4 Å². The number of hydrogen-bond acceptors (Lipinski definition) is 3. The highest BCUT2D eigenvalue weighted by Crippen LogP contribution is 2.29. The highest BCUT2D eigenvalue weighted by Gasteiger charge is 2.15. The molecule has 3 heteroatoms. The van der Waals surface area contributed by atoms with Gasteiger partial charge >= 0.3 is 0 Å². The smallest absolute Gasteiger partial charge is 0.143 e. The molecule has 0 saturated carbocycles. The Balaban J connectivity index is 1.76. The predicted octanol–water partition coefficient (Wildman–Crippen LogP) is 6.53. The van der Waals surface area contributed by atoms with E-state index in [1.165, 1.54) is 12.0 Å². The van der Waals surface area contributed by atoms with E-state index >= 15 is 0 Å². The third-order valence-corrected chi connectivity index (χ3v) is 5.31. The molecule has 3 aromatic rings. The molecule has 3 rings (SSSR count). The Hall–Kier alpha value is -2.62. The summed E-state index contributed by atoms with van der Waals surface area (Å²) in [6.07, 6.45) is 1.74. The molecule has 0 aliphatic heterocycles. The minimum absolute atomic E-state index is 0.498. The molecule has 0 fully saturated rings. The van der Waals surface area contributed by atoms with Crippen molar-refractivity contribution in [2.45, 2.75) is 32.8 Å². The summed E-state index contributed by atoms with van der Waals surface area (Å²) in [5.74, 6) is 1.51. The average molecular weight is 376 g/mol. The molecule has 1 N–H and O–H groups in total. The lowest BCUT2D eigenvalue weighted by molar-refractivity contribution is -0.270. The maximum Gasteiger partial charge on any atom is 0.143 e. The van der Waals surface area contributed by atoms with Crippen LogP contribution in [0.25, 0.3) is 11.1 Å². The van der Waals surface area contributed by atoms with Gasteiger partial charge in [0.15, 0.2) is 0 Å². The van der Waals surface area contributed by atoms with Gasteiger partial charge in [0.2, 0.25) is 0 Å². The minimum Gasteiger partial charge on any atom is -0.497 e. The molecule has 0 aliphatic rings. The summed E-state index contributed by atoms with van der Waals surface area (Å²) >= 11 is 0. The van der Waals surface area contributed by atoms with E-state index in [1.54, 1.807) is 7.11 Å². The molecule has 0 heterocycles. The largest absolute Gasteiger partial charge is 0.497 e. The third kappa shape index (κ3) is 4.80. The summed E-state index contributed by atoms with van der Waals surface area (Å²) in [5.41, 5.74) is 5.38. The van der Waals surface area contributed by atoms with Gasteiger partial charge in [0, 0.05) is 0 Å². The van der Waals surface area contributed by atoms with E-state index < -0.39 is 6.10 Å².